The normalized spacial score (nSPS) is 27.6. The van der Waals surface area contributed by atoms with Gasteiger partial charge in [0.05, 0.1) is 28.1 Å². The summed E-state index contributed by atoms with van der Waals surface area (Å²) in [5.74, 6) is -0.646. The van der Waals surface area contributed by atoms with Crippen LogP contribution in [0.4, 0.5) is 11.4 Å². The van der Waals surface area contributed by atoms with Gasteiger partial charge in [0.1, 0.15) is 0 Å². The van der Waals surface area contributed by atoms with E-state index in [2.05, 4.69) is 20.7 Å². The minimum Gasteiger partial charge on any atom is -0.278 e. The van der Waals surface area contributed by atoms with E-state index >= 15 is 0 Å². The van der Waals surface area contributed by atoms with Gasteiger partial charge in [-0.05, 0) is 70.6 Å². The first kappa shape index (κ1) is 18.6. The number of nitrogens with zero attached hydrogens (tertiary/aromatic N) is 1. The number of hydrogen-bond donors (Lipinski definition) is 1. The Morgan fingerprint density at radius 1 is 0.897 bits per heavy atom. The Labute approximate surface area is 176 Å². The van der Waals surface area contributed by atoms with Gasteiger partial charge in [0.2, 0.25) is 11.8 Å². The second-order valence-corrected chi connectivity index (χ2v) is 10.1. The van der Waals surface area contributed by atoms with Crippen molar-refractivity contribution in [1.29, 1.82) is 0 Å². The van der Waals surface area contributed by atoms with Gasteiger partial charge in [-0.3, -0.25) is 19.2 Å². The number of para-hydroxylation sites is 1. The number of nitrogens with one attached hydrogen (secondary N) is 1. The van der Waals surface area contributed by atoms with Crippen LogP contribution in [0.2, 0.25) is 0 Å². The number of sulfonamides is 1. The van der Waals surface area contributed by atoms with E-state index < -0.39 is 10.0 Å². The van der Waals surface area contributed by atoms with Crippen molar-refractivity contribution in [2.24, 2.45) is 23.7 Å². The van der Waals surface area contributed by atoms with Crippen LogP contribution in [-0.2, 0) is 19.6 Å². The van der Waals surface area contributed by atoms with Gasteiger partial charge < -0.3 is 0 Å². The van der Waals surface area contributed by atoms with Crippen LogP contribution in [-0.4, -0.2) is 20.2 Å². The van der Waals surface area contributed by atoms with Crippen LogP contribution >= 0.6 is 15.9 Å². The predicted molar refractivity (Wildman–Crippen MR) is 112 cm³/mol. The molecule has 0 unspecified atom stereocenters. The summed E-state index contributed by atoms with van der Waals surface area (Å²) in [6, 6.07) is 12.8. The Morgan fingerprint density at radius 3 is 2.07 bits per heavy atom. The summed E-state index contributed by atoms with van der Waals surface area (Å²) in [5, 5.41) is 0. The van der Waals surface area contributed by atoms with Gasteiger partial charge in [-0.2, -0.15) is 0 Å². The molecule has 1 aliphatic heterocycles. The molecule has 1 saturated carbocycles. The topological polar surface area (TPSA) is 83.6 Å². The largest absolute Gasteiger partial charge is 0.278 e. The third-order valence-electron chi connectivity index (χ3n) is 5.99. The SMILES string of the molecule is O=C1[C@@H]2[C@H](C(=O)N1c1ccc(S(=O)(=O)Nc3ccccc3Br)cc1)[C@H]1C=C[C@H]2C1. The number of benzene rings is 2. The van der Waals surface area contributed by atoms with Crippen molar-refractivity contribution in [3.8, 4) is 0 Å². The van der Waals surface area contributed by atoms with E-state index in [4.69, 9.17) is 0 Å². The molecular formula is C21H17BrN2O4S. The average molecular weight is 473 g/mol. The van der Waals surface area contributed by atoms with Crippen LogP contribution in [0.5, 0.6) is 0 Å². The van der Waals surface area contributed by atoms with E-state index in [0.29, 0.717) is 15.8 Å². The zero-order valence-electron chi connectivity index (χ0n) is 15.2. The van der Waals surface area contributed by atoms with Crippen molar-refractivity contribution in [3.05, 3.63) is 65.2 Å². The summed E-state index contributed by atoms with van der Waals surface area (Å²) in [4.78, 5) is 27.0. The summed E-state index contributed by atoms with van der Waals surface area (Å²) in [5.41, 5.74) is 0.839. The molecular weight excluding hydrogens is 456 g/mol. The molecule has 2 fully saturated rings. The van der Waals surface area contributed by atoms with Gasteiger partial charge in [-0.1, -0.05) is 24.3 Å². The highest BCUT2D eigenvalue weighted by Crippen LogP contribution is 2.53. The van der Waals surface area contributed by atoms with Crippen LogP contribution in [0.15, 0.2) is 70.1 Å². The Hall–Kier alpha value is -2.45. The maximum atomic E-state index is 12.9. The van der Waals surface area contributed by atoms with Crippen molar-refractivity contribution in [2.75, 3.05) is 9.62 Å². The molecule has 0 radical (unpaired) electrons. The molecule has 4 atom stereocenters. The molecule has 29 heavy (non-hydrogen) atoms. The molecule has 2 bridgehead atoms. The highest BCUT2D eigenvalue weighted by Gasteiger charge is 2.59. The van der Waals surface area contributed by atoms with Crippen LogP contribution in [0.25, 0.3) is 0 Å². The summed E-state index contributed by atoms with van der Waals surface area (Å²) in [6.07, 6.45) is 4.96. The van der Waals surface area contributed by atoms with Crippen LogP contribution in [0.1, 0.15) is 6.42 Å². The fourth-order valence-electron chi connectivity index (χ4n) is 4.68. The van der Waals surface area contributed by atoms with E-state index in [0.717, 1.165) is 6.42 Å². The lowest BCUT2D eigenvalue weighted by molar-refractivity contribution is -0.123. The number of amides is 2. The van der Waals surface area contributed by atoms with E-state index in [9.17, 15) is 18.0 Å². The molecule has 5 rings (SSSR count). The Bertz CT molecular complexity index is 1130. The summed E-state index contributed by atoms with van der Waals surface area (Å²) in [6.45, 7) is 0. The van der Waals surface area contributed by atoms with Gasteiger partial charge >= 0.3 is 0 Å². The lowest BCUT2D eigenvalue weighted by atomic mass is 9.85. The molecule has 3 aliphatic rings. The van der Waals surface area contributed by atoms with E-state index in [1.807, 2.05) is 12.2 Å². The number of imide groups is 1. The van der Waals surface area contributed by atoms with Gasteiger partial charge in [0, 0.05) is 4.47 Å². The zero-order chi connectivity index (χ0) is 20.3. The van der Waals surface area contributed by atoms with Crippen LogP contribution in [0, 0.1) is 23.7 Å². The number of rotatable bonds is 4. The predicted octanol–water partition coefficient (Wildman–Crippen LogP) is 3.56. The number of allylic oxidation sites excluding steroid dienone is 2. The Morgan fingerprint density at radius 2 is 1.48 bits per heavy atom. The second kappa shape index (κ2) is 6.53. The lowest BCUT2D eigenvalue weighted by Gasteiger charge is -2.18. The van der Waals surface area contributed by atoms with Crippen molar-refractivity contribution in [1.82, 2.24) is 0 Å². The van der Waals surface area contributed by atoms with Gasteiger partial charge in [0.25, 0.3) is 10.0 Å². The summed E-state index contributed by atoms with van der Waals surface area (Å²) in [7, 11) is -3.80. The molecule has 1 saturated heterocycles. The molecule has 6 nitrogen and oxygen atoms in total. The number of fused-ring (bicyclic) bond motifs is 5. The number of carbonyl (C=O) groups is 2. The first-order valence-corrected chi connectivity index (χ1v) is 11.6. The molecule has 1 heterocycles. The van der Waals surface area contributed by atoms with E-state index in [1.54, 1.807) is 24.3 Å². The minimum absolute atomic E-state index is 0.0537. The van der Waals surface area contributed by atoms with E-state index in [-0.39, 0.29) is 40.4 Å². The highest BCUT2D eigenvalue weighted by molar-refractivity contribution is 9.10. The highest BCUT2D eigenvalue weighted by atomic mass is 79.9. The summed E-state index contributed by atoms with van der Waals surface area (Å²) < 4.78 is 28.5. The fourth-order valence-corrected chi connectivity index (χ4v) is 6.27. The van der Waals surface area contributed by atoms with Crippen molar-refractivity contribution >= 4 is 49.1 Å². The fraction of sp³-hybridized carbons (Fsp3) is 0.238. The first-order valence-electron chi connectivity index (χ1n) is 9.30. The smallest absolute Gasteiger partial charge is 0.261 e. The number of hydrogen-bond acceptors (Lipinski definition) is 4. The maximum Gasteiger partial charge on any atom is 0.261 e. The molecule has 0 aromatic heterocycles. The molecule has 8 heteroatoms. The molecule has 2 aromatic carbocycles. The standard InChI is InChI=1S/C21H17BrN2O4S/c22-16-3-1-2-4-17(16)23-29(27,28)15-9-7-14(8-10-15)24-20(25)18-12-5-6-13(11-12)19(18)21(24)26/h1-10,12-13,18-19,23H,11H2/t12-,13-,18-,19+/m0/s1. The second-order valence-electron chi connectivity index (χ2n) is 7.59. The third kappa shape index (κ3) is 2.85. The third-order valence-corrected chi connectivity index (χ3v) is 8.07. The summed E-state index contributed by atoms with van der Waals surface area (Å²) >= 11 is 3.32. The van der Waals surface area contributed by atoms with Crippen molar-refractivity contribution in [2.45, 2.75) is 11.3 Å². The monoisotopic (exact) mass is 472 g/mol. The van der Waals surface area contributed by atoms with Crippen LogP contribution < -0.4 is 9.62 Å². The first-order chi connectivity index (χ1) is 13.9. The zero-order valence-corrected chi connectivity index (χ0v) is 17.6. The molecule has 2 aliphatic carbocycles. The molecule has 2 amide bonds. The molecule has 1 N–H and O–H groups in total. The number of anilines is 2. The molecule has 2 aromatic rings. The van der Waals surface area contributed by atoms with Crippen molar-refractivity contribution < 1.29 is 18.0 Å². The van der Waals surface area contributed by atoms with Crippen LogP contribution in [0.3, 0.4) is 0 Å². The van der Waals surface area contributed by atoms with Gasteiger partial charge in [-0.15, -0.1) is 0 Å². The maximum absolute atomic E-state index is 12.9. The molecule has 0 spiro atoms. The quantitative estimate of drug-likeness (QED) is 0.544. The van der Waals surface area contributed by atoms with E-state index in [1.165, 1.54) is 29.2 Å². The Balaban J connectivity index is 1.40. The lowest BCUT2D eigenvalue weighted by Crippen LogP contribution is -2.32. The average Bonchev–Trinajstić information content (AvgIpc) is 3.38. The minimum atomic E-state index is -3.80. The Kier molecular flexibility index (Phi) is 4.18. The molecule has 148 valence electrons. The van der Waals surface area contributed by atoms with Gasteiger partial charge in [-0.25, -0.2) is 8.42 Å². The number of halogens is 1. The number of carbonyl (C=O) groups excluding carboxylic acids is 2. The van der Waals surface area contributed by atoms with Crippen molar-refractivity contribution in [3.63, 3.8) is 0 Å². The van der Waals surface area contributed by atoms with Gasteiger partial charge in [0.15, 0.2) is 0 Å².